The molecule has 0 unspecified atom stereocenters. The Morgan fingerprint density at radius 3 is 2.45 bits per heavy atom. The number of hydrogen-bond donors (Lipinski definition) is 0. The van der Waals surface area contributed by atoms with Crippen LogP contribution in [-0.4, -0.2) is 44.1 Å². The number of benzene rings is 2. The van der Waals surface area contributed by atoms with Crippen molar-refractivity contribution in [1.29, 1.82) is 0 Å². The van der Waals surface area contributed by atoms with Gasteiger partial charge in [-0.05, 0) is 61.6 Å². The number of alkyl halides is 3. The van der Waals surface area contributed by atoms with Gasteiger partial charge in [0.25, 0.3) is 10.0 Å². The zero-order valence-electron chi connectivity index (χ0n) is 18.3. The van der Waals surface area contributed by atoms with Gasteiger partial charge in [-0.15, -0.1) is 0 Å². The lowest BCUT2D eigenvalue weighted by atomic mass is 10.0. The van der Waals surface area contributed by atoms with Crippen LogP contribution < -0.4 is 4.31 Å². The van der Waals surface area contributed by atoms with Crippen LogP contribution in [0.4, 0.5) is 18.9 Å². The first-order chi connectivity index (χ1) is 15.7. The van der Waals surface area contributed by atoms with Gasteiger partial charge in [0.05, 0.1) is 28.7 Å². The molecule has 3 aromatic rings. The van der Waals surface area contributed by atoms with Gasteiger partial charge >= 0.3 is 6.18 Å². The summed E-state index contributed by atoms with van der Waals surface area (Å²) in [6, 6.07) is 10.3. The molecule has 10 heteroatoms. The summed E-state index contributed by atoms with van der Waals surface area (Å²) in [6.07, 6.45) is -1.76. The summed E-state index contributed by atoms with van der Waals surface area (Å²) in [7, 11) is -3.90. The van der Waals surface area contributed by atoms with Crippen LogP contribution in [0.25, 0.3) is 10.9 Å². The zero-order valence-corrected chi connectivity index (χ0v) is 19.1. The second kappa shape index (κ2) is 9.34. The molecule has 1 aliphatic heterocycles. The molecular weight excluding hydrogens is 455 g/mol. The molecule has 1 aliphatic rings. The summed E-state index contributed by atoms with van der Waals surface area (Å²) >= 11 is 0. The van der Waals surface area contributed by atoms with Crippen LogP contribution in [-0.2, 0) is 27.7 Å². The summed E-state index contributed by atoms with van der Waals surface area (Å²) in [5.41, 5.74) is 1.26. The smallest absolute Gasteiger partial charge is 0.381 e. The molecule has 0 radical (unpaired) electrons. The standard InChI is InChI=1S/C23H26F3N3O3S/c1-2-29(20-5-3-17(4-6-20)14-23(24,25)26)33(30,31)21-7-8-22-19(13-21)15-27-28(22)16-18-9-11-32-12-10-18/h3-8,13,15,18H,2,9-12,14,16H2,1H3. The fourth-order valence-corrected chi connectivity index (χ4v) is 5.68. The molecule has 0 saturated carbocycles. The summed E-state index contributed by atoms with van der Waals surface area (Å²) in [5.74, 6) is 0.473. The number of rotatable bonds is 7. The van der Waals surface area contributed by atoms with E-state index in [9.17, 15) is 21.6 Å². The Morgan fingerprint density at radius 2 is 1.82 bits per heavy atom. The van der Waals surface area contributed by atoms with Crippen LogP contribution in [0.1, 0.15) is 25.3 Å². The van der Waals surface area contributed by atoms with Crippen molar-refractivity contribution in [3.05, 3.63) is 54.2 Å². The van der Waals surface area contributed by atoms with E-state index in [1.807, 2.05) is 4.68 Å². The Labute approximate surface area is 191 Å². The Balaban J connectivity index is 1.57. The summed E-state index contributed by atoms with van der Waals surface area (Å²) in [4.78, 5) is 0.113. The fraction of sp³-hybridized carbons (Fsp3) is 0.435. The molecule has 4 rings (SSSR count). The van der Waals surface area contributed by atoms with Crippen molar-refractivity contribution in [2.45, 2.75) is 43.8 Å². The number of aromatic nitrogens is 2. The Bertz CT molecular complexity index is 1200. The molecule has 1 aromatic heterocycles. The van der Waals surface area contributed by atoms with E-state index in [1.54, 1.807) is 31.3 Å². The zero-order chi connectivity index (χ0) is 23.6. The Morgan fingerprint density at radius 1 is 1.12 bits per heavy atom. The highest BCUT2D eigenvalue weighted by Crippen LogP contribution is 2.29. The average Bonchev–Trinajstić information content (AvgIpc) is 3.17. The number of fused-ring (bicyclic) bond motifs is 1. The number of halogens is 3. The SMILES string of the molecule is CCN(c1ccc(CC(F)(F)F)cc1)S(=O)(=O)c1ccc2c(cnn2CC2CCOCC2)c1. The minimum atomic E-state index is -4.32. The van der Waals surface area contributed by atoms with Crippen molar-refractivity contribution in [2.75, 3.05) is 24.1 Å². The predicted octanol–water partition coefficient (Wildman–Crippen LogP) is 4.78. The summed E-state index contributed by atoms with van der Waals surface area (Å²) < 4.78 is 73.1. The highest BCUT2D eigenvalue weighted by atomic mass is 32.2. The summed E-state index contributed by atoms with van der Waals surface area (Å²) in [5, 5.41) is 5.17. The van der Waals surface area contributed by atoms with E-state index in [4.69, 9.17) is 4.74 Å². The molecule has 33 heavy (non-hydrogen) atoms. The molecule has 1 fully saturated rings. The van der Waals surface area contributed by atoms with E-state index in [0.29, 0.717) is 11.6 Å². The van der Waals surface area contributed by atoms with Crippen LogP contribution in [0.15, 0.2) is 53.6 Å². The first kappa shape index (κ1) is 23.6. The van der Waals surface area contributed by atoms with Crippen LogP contribution in [0.3, 0.4) is 0 Å². The van der Waals surface area contributed by atoms with Gasteiger partial charge in [0.1, 0.15) is 0 Å². The van der Waals surface area contributed by atoms with E-state index in [2.05, 4.69) is 5.10 Å². The van der Waals surface area contributed by atoms with E-state index >= 15 is 0 Å². The number of hydrogen-bond acceptors (Lipinski definition) is 4. The minimum Gasteiger partial charge on any atom is -0.381 e. The molecule has 0 amide bonds. The third kappa shape index (κ3) is 5.33. The van der Waals surface area contributed by atoms with Crippen LogP contribution in [0.2, 0.25) is 0 Å². The van der Waals surface area contributed by atoms with Crippen molar-refractivity contribution < 1.29 is 26.3 Å². The predicted molar refractivity (Wildman–Crippen MR) is 120 cm³/mol. The normalized spacial score (nSPS) is 15.8. The number of nitrogens with zero attached hydrogens (tertiary/aromatic N) is 3. The third-order valence-electron chi connectivity index (χ3n) is 5.89. The lowest BCUT2D eigenvalue weighted by Crippen LogP contribution is -2.30. The van der Waals surface area contributed by atoms with E-state index in [-0.39, 0.29) is 17.0 Å². The molecule has 0 N–H and O–H groups in total. The van der Waals surface area contributed by atoms with E-state index in [1.165, 1.54) is 28.6 Å². The van der Waals surface area contributed by atoms with Crippen LogP contribution in [0.5, 0.6) is 0 Å². The molecule has 0 bridgehead atoms. The van der Waals surface area contributed by atoms with Crippen molar-refractivity contribution in [2.24, 2.45) is 5.92 Å². The van der Waals surface area contributed by atoms with Gasteiger partial charge in [0, 0.05) is 31.7 Å². The quantitative estimate of drug-likeness (QED) is 0.487. The van der Waals surface area contributed by atoms with Gasteiger partial charge in [-0.25, -0.2) is 8.42 Å². The topological polar surface area (TPSA) is 64.4 Å². The number of anilines is 1. The first-order valence-electron chi connectivity index (χ1n) is 10.9. The van der Waals surface area contributed by atoms with Crippen LogP contribution >= 0.6 is 0 Å². The molecule has 0 atom stereocenters. The molecule has 0 spiro atoms. The molecule has 2 heterocycles. The van der Waals surface area contributed by atoms with Gasteiger partial charge in [-0.2, -0.15) is 18.3 Å². The van der Waals surface area contributed by atoms with Gasteiger partial charge in [-0.1, -0.05) is 12.1 Å². The Hall–Kier alpha value is -2.59. The minimum absolute atomic E-state index is 0.0815. The maximum absolute atomic E-state index is 13.3. The monoisotopic (exact) mass is 481 g/mol. The first-order valence-corrected chi connectivity index (χ1v) is 12.3. The van der Waals surface area contributed by atoms with Gasteiger partial charge in [0.2, 0.25) is 0 Å². The maximum Gasteiger partial charge on any atom is 0.393 e. The van der Waals surface area contributed by atoms with Crippen molar-refractivity contribution >= 4 is 26.6 Å². The van der Waals surface area contributed by atoms with Crippen molar-refractivity contribution in [3.63, 3.8) is 0 Å². The third-order valence-corrected chi connectivity index (χ3v) is 7.79. The van der Waals surface area contributed by atoms with E-state index < -0.39 is 22.6 Å². The number of sulfonamides is 1. The van der Waals surface area contributed by atoms with Crippen molar-refractivity contribution in [1.82, 2.24) is 9.78 Å². The lowest BCUT2D eigenvalue weighted by molar-refractivity contribution is -0.127. The molecule has 0 aliphatic carbocycles. The molecule has 178 valence electrons. The number of ether oxygens (including phenoxy) is 1. The van der Waals surface area contributed by atoms with Crippen molar-refractivity contribution in [3.8, 4) is 0 Å². The largest absolute Gasteiger partial charge is 0.393 e. The van der Waals surface area contributed by atoms with Gasteiger partial charge in [0.15, 0.2) is 0 Å². The van der Waals surface area contributed by atoms with Crippen LogP contribution in [0, 0.1) is 5.92 Å². The highest BCUT2D eigenvalue weighted by molar-refractivity contribution is 7.92. The lowest BCUT2D eigenvalue weighted by Gasteiger charge is -2.23. The molecule has 6 nitrogen and oxygen atoms in total. The summed E-state index contributed by atoms with van der Waals surface area (Å²) in [6.45, 7) is 4.07. The maximum atomic E-state index is 13.3. The molecule has 1 saturated heterocycles. The van der Waals surface area contributed by atoms with E-state index in [0.717, 1.165) is 43.5 Å². The fourth-order valence-electron chi connectivity index (χ4n) is 4.17. The highest BCUT2D eigenvalue weighted by Gasteiger charge is 2.28. The second-order valence-electron chi connectivity index (χ2n) is 8.23. The Kier molecular flexibility index (Phi) is 6.67. The average molecular weight is 482 g/mol. The molecular formula is C23H26F3N3O3S. The second-order valence-corrected chi connectivity index (χ2v) is 10.1. The van der Waals surface area contributed by atoms with Gasteiger partial charge in [-0.3, -0.25) is 8.99 Å². The molecule has 2 aromatic carbocycles. The van der Waals surface area contributed by atoms with Gasteiger partial charge < -0.3 is 4.74 Å².